The first-order valence-corrected chi connectivity index (χ1v) is 5.21. The van der Waals surface area contributed by atoms with Crippen molar-refractivity contribution in [1.82, 2.24) is 4.90 Å². The maximum Gasteiger partial charge on any atom is 0.269 e. The minimum absolute atomic E-state index is 0.0247. The van der Waals surface area contributed by atoms with Crippen LogP contribution in [0.2, 0.25) is 0 Å². The van der Waals surface area contributed by atoms with Gasteiger partial charge in [0, 0.05) is 39.4 Å². The molecule has 1 aromatic carbocycles. The summed E-state index contributed by atoms with van der Waals surface area (Å²) < 4.78 is 5.37. The SMILES string of the molecule is CC(=O)/C(=C/N(C)C)Oc1ccc([N+](=O)[O-])cc1. The van der Waals surface area contributed by atoms with Crippen molar-refractivity contribution in [2.45, 2.75) is 6.92 Å². The molecule has 0 radical (unpaired) electrons. The van der Waals surface area contributed by atoms with Gasteiger partial charge in [0.25, 0.3) is 5.69 Å². The smallest absolute Gasteiger partial charge is 0.269 e. The largest absolute Gasteiger partial charge is 0.452 e. The fraction of sp³-hybridized carbons (Fsp3) is 0.250. The van der Waals surface area contributed by atoms with E-state index < -0.39 is 4.92 Å². The topological polar surface area (TPSA) is 72.7 Å². The maximum atomic E-state index is 11.3. The number of hydrogen-bond acceptors (Lipinski definition) is 5. The number of nitrogens with zero attached hydrogens (tertiary/aromatic N) is 2. The summed E-state index contributed by atoms with van der Waals surface area (Å²) in [6, 6.07) is 5.54. The van der Waals surface area contributed by atoms with Crippen molar-refractivity contribution in [2.24, 2.45) is 0 Å². The van der Waals surface area contributed by atoms with Crippen LogP contribution in [0.5, 0.6) is 5.75 Å². The highest BCUT2D eigenvalue weighted by Crippen LogP contribution is 2.19. The van der Waals surface area contributed by atoms with Crippen LogP contribution in [0.25, 0.3) is 0 Å². The number of carbonyl (C=O) groups is 1. The lowest BCUT2D eigenvalue weighted by molar-refractivity contribution is -0.384. The second-order valence-corrected chi connectivity index (χ2v) is 3.87. The van der Waals surface area contributed by atoms with Gasteiger partial charge in [-0.2, -0.15) is 0 Å². The van der Waals surface area contributed by atoms with Crippen LogP contribution < -0.4 is 4.74 Å². The van der Waals surface area contributed by atoms with E-state index in [0.717, 1.165) is 0 Å². The number of allylic oxidation sites excluding steroid dienone is 1. The maximum absolute atomic E-state index is 11.3. The Morgan fingerprint density at radius 3 is 2.28 bits per heavy atom. The quantitative estimate of drug-likeness (QED) is 0.346. The molecule has 18 heavy (non-hydrogen) atoms. The first kappa shape index (κ1) is 13.7. The lowest BCUT2D eigenvalue weighted by atomic mass is 10.3. The Balaban J connectivity index is 2.88. The van der Waals surface area contributed by atoms with Gasteiger partial charge in [-0.3, -0.25) is 14.9 Å². The number of Topliss-reactive ketones (excluding diaryl/α,β-unsaturated/α-hetero) is 1. The number of nitro benzene ring substituents is 1. The molecule has 0 unspecified atom stereocenters. The number of hydrogen-bond donors (Lipinski definition) is 0. The highest BCUT2D eigenvalue weighted by atomic mass is 16.6. The number of non-ortho nitro benzene ring substituents is 1. The molecule has 0 aliphatic heterocycles. The van der Waals surface area contributed by atoms with Gasteiger partial charge >= 0.3 is 0 Å². The van der Waals surface area contributed by atoms with E-state index in [-0.39, 0.29) is 17.2 Å². The molecule has 0 atom stereocenters. The molecule has 0 heterocycles. The van der Waals surface area contributed by atoms with Crippen molar-refractivity contribution in [3.63, 3.8) is 0 Å². The molecule has 0 spiro atoms. The molecule has 1 rings (SSSR count). The Labute approximate surface area is 105 Å². The van der Waals surface area contributed by atoms with Gasteiger partial charge in [-0.15, -0.1) is 0 Å². The summed E-state index contributed by atoms with van der Waals surface area (Å²) >= 11 is 0. The molecule has 6 heteroatoms. The molecule has 0 saturated heterocycles. The summed E-state index contributed by atoms with van der Waals surface area (Å²) in [5.74, 6) is 0.333. The summed E-state index contributed by atoms with van der Waals surface area (Å²) in [7, 11) is 3.53. The Hall–Kier alpha value is -2.37. The lowest BCUT2D eigenvalue weighted by Gasteiger charge is -2.10. The van der Waals surface area contributed by atoms with Gasteiger partial charge in [0.2, 0.25) is 0 Å². The Morgan fingerprint density at radius 2 is 1.89 bits per heavy atom. The molecule has 0 aliphatic rings. The van der Waals surface area contributed by atoms with E-state index in [0.29, 0.717) is 5.75 Å². The third kappa shape index (κ3) is 3.89. The van der Waals surface area contributed by atoms with E-state index in [1.165, 1.54) is 31.2 Å². The van der Waals surface area contributed by atoms with Gasteiger partial charge < -0.3 is 9.64 Å². The van der Waals surface area contributed by atoms with Gasteiger partial charge in [0.05, 0.1) is 4.92 Å². The van der Waals surface area contributed by atoms with Gasteiger partial charge in [-0.05, 0) is 12.1 Å². The summed E-state index contributed by atoms with van der Waals surface area (Å²) in [5.41, 5.74) is -0.0247. The van der Waals surface area contributed by atoms with E-state index >= 15 is 0 Å². The Kier molecular flexibility index (Phi) is 4.42. The molecule has 96 valence electrons. The van der Waals surface area contributed by atoms with Gasteiger partial charge in [-0.25, -0.2) is 0 Å². The zero-order valence-electron chi connectivity index (χ0n) is 10.4. The fourth-order valence-corrected chi connectivity index (χ4v) is 1.19. The molecule has 0 bridgehead atoms. The second kappa shape index (κ2) is 5.81. The van der Waals surface area contributed by atoms with Crippen molar-refractivity contribution < 1.29 is 14.5 Å². The van der Waals surface area contributed by atoms with E-state index in [1.807, 2.05) is 0 Å². The number of carbonyl (C=O) groups excluding carboxylic acids is 1. The van der Waals surface area contributed by atoms with Crippen LogP contribution in [0.4, 0.5) is 5.69 Å². The van der Waals surface area contributed by atoms with Crippen LogP contribution in [0.1, 0.15) is 6.92 Å². The van der Waals surface area contributed by atoms with Crippen LogP contribution in [0, 0.1) is 10.1 Å². The number of ketones is 1. The fourth-order valence-electron chi connectivity index (χ4n) is 1.19. The van der Waals surface area contributed by atoms with Crippen LogP contribution in [0.15, 0.2) is 36.2 Å². The minimum Gasteiger partial charge on any atom is -0.452 e. The first-order valence-electron chi connectivity index (χ1n) is 5.21. The number of benzene rings is 1. The standard InChI is InChI=1S/C12H14N2O4/c1-9(15)12(8-13(2)3)18-11-6-4-10(5-7-11)14(16)17/h4-8H,1-3H3/b12-8-. The van der Waals surface area contributed by atoms with Gasteiger partial charge in [-0.1, -0.05) is 0 Å². The normalized spacial score (nSPS) is 10.9. The number of rotatable bonds is 5. The van der Waals surface area contributed by atoms with E-state index in [9.17, 15) is 14.9 Å². The van der Waals surface area contributed by atoms with Crippen LogP contribution in [-0.4, -0.2) is 29.7 Å². The zero-order chi connectivity index (χ0) is 13.7. The Morgan fingerprint density at radius 1 is 1.33 bits per heavy atom. The average Bonchev–Trinajstić information content (AvgIpc) is 2.28. The molecule has 0 amide bonds. The van der Waals surface area contributed by atoms with E-state index in [2.05, 4.69) is 0 Å². The molecule has 0 aromatic heterocycles. The Bertz CT molecular complexity index is 477. The highest BCUT2D eigenvalue weighted by molar-refractivity contribution is 5.91. The van der Waals surface area contributed by atoms with Crippen molar-refractivity contribution >= 4 is 11.5 Å². The summed E-state index contributed by atoms with van der Waals surface area (Å²) in [6.07, 6.45) is 1.55. The first-order chi connectivity index (χ1) is 8.40. The third-order valence-electron chi connectivity index (χ3n) is 2.00. The molecule has 1 aromatic rings. The average molecular weight is 250 g/mol. The van der Waals surface area contributed by atoms with E-state index in [4.69, 9.17) is 4.74 Å². The van der Waals surface area contributed by atoms with Gasteiger partial charge in [0.15, 0.2) is 11.5 Å². The predicted octanol–water partition coefficient (Wildman–Crippen LogP) is 1.97. The molecule has 6 nitrogen and oxygen atoms in total. The van der Waals surface area contributed by atoms with Crippen LogP contribution in [0.3, 0.4) is 0 Å². The van der Waals surface area contributed by atoms with Crippen molar-refractivity contribution in [3.05, 3.63) is 46.3 Å². The monoisotopic (exact) mass is 250 g/mol. The minimum atomic E-state index is -0.495. The van der Waals surface area contributed by atoms with Crippen molar-refractivity contribution in [3.8, 4) is 5.75 Å². The predicted molar refractivity (Wildman–Crippen MR) is 66.2 cm³/mol. The summed E-state index contributed by atoms with van der Waals surface area (Å²) in [4.78, 5) is 23.0. The molecule has 0 saturated carbocycles. The molecular weight excluding hydrogens is 236 g/mol. The molecule has 0 N–H and O–H groups in total. The summed E-state index contributed by atoms with van der Waals surface area (Å²) in [5, 5.41) is 10.5. The molecular formula is C12H14N2O4. The van der Waals surface area contributed by atoms with Crippen molar-refractivity contribution in [2.75, 3.05) is 14.1 Å². The highest BCUT2D eigenvalue weighted by Gasteiger charge is 2.09. The van der Waals surface area contributed by atoms with E-state index in [1.54, 1.807) is 25.2 Å². The zero-order valence-corrected chi connectivity index (χ0v) is 10.4. The number of ether oxygens (including phenoxy) is 1. The number of nitro groups is 1. The lowest BCUT2D eigenvalue weighted by Crippen LogP contribution is -2.11. The van der Waals surface area contributed by atoms with Crippen LogP contribution >= 0.6 is 0 Å². The second-order valence-electron chi connectivity index (χ2n) is 3.87. The van der Waals surface area contributed by atoms with Crippen LogP contribution in [-0.2, 0) is 4.79 Å². The third-order valence-corrected chi connectivity index (χ3v) is 2.00. The molecule has 0 fully saturated rings. The van der Waals surface area contributed by atoms with Crippen molar-refractivity contribution in [1.29, 1.82) is 0 Å². The summed E-state index contributed by atoms with van der Waals surface area (Å²) in [6.45, 7) is 1.39. The molecule has 0 aliphatic carbocycles. The van der Waals surface area contributed by atoms with Gasteiger partial charge in [0.1, 0.15) is 5.75 Å².